The fraction of sp³-hybridized carbons (Fsp3) is 0.0426. The van der Waals surface area contributed by atoms with Crippen LogP contribution in [0.5, 0.6) is 11.5 Å². The molecule has 6 aromatic carbocycles. The van der Waals surface area contributed by atoms with Gasteiger partial charge in [0.1, 0.15) is 22.7 Å². The van der Waals surface area contributed by atoms with E-state index in [0.29, 0.717) is 17.5 Å². The van der Waals surface area contributed by atoms with Crippen molar-refractivity contribution in [2.75, 3.05) is 0 Å². The van der Waals surface area contributed by atoms with Crippen molar-refractivity contribution in [2.24, 2.45) is 0 Å². The fourth-order valence-corrected chi connectivity index (χ4v) is 8.16. The van der Waals surface area contributed by atoms with Gasteiger partial charge < -0.3 is 9.15 Å². The molecule has 0 saturated carbocycles. The number of hydrogen-bond acceptors (Lipinski definition) is 5. The van der Waals surface area contributed by atoms with Crippen LogP contribution in [0.1, 0.15) is 35.0 Å². The third kappa shape index (κ3) is 4.26. The van der Waals surface area contributed by atoms with Crippen molar-refractivity contribution in [2.45, 2.75) is 12.3 Å². The van der Waals surface area contributed by atoms with Crippen molar-refractivity contribution in [3.05, 3.63) is 192 Å². The molecule has 0 saturated heterocycles. The molecule has 1 aliphatic heterocycles. The Hall–Kier alpha value is -6.85. The predicted molar refractivity (Wildman–Crippen MR) is 208 cm³/mol. The lowest BCUT2D eigenvalue weighted by Gasteiger charge is -2.39. The van der Waals surface area contributed by atoms with E-state index in [9.17, 15) is 0 Å². The second-order valence-corrected chi connectivity index (χ2v) is 13.1. The minimum Gasteiger partial charge on any atom is -0.457 e. The summed E-state index contributed by atoms with van der Waals surface area (Å²) in [6, 6.07) is 46.2. The Morgan fingerprint density at radius 1 is 0.635 bits per heavy atom. The summed E-state index contributed by atoms with van der Waals surface area (Å²) in [5.41, 5.74) is 10.6. The largest absolute Gasteiger partial charge is 0.457 e. The third-order valence-corrected chi connectivity index (χ3v) is 10.3. The molecule has 0 radical (unpaired) electrons. The van der Waals surface area contributed by atoms with Gasteiger partial charge in [-0.05, 0) is 59.5 Å². The van der Waals surface area contributed by atoms with Gasteiger partial charge in [0.2, 0.25) is 0 Å². The van der Waals surface area contributed by atoms with Crippen LogP contribution in [0.25, 0.3) is 61.4 Å². The second-order valence-electron chi connectivity index (χ2n) is 13.1. The van der Waals surface area contributed by atoms with Crippen molar-refractivity contribution >= 4 is 27.5 Å². The summed E-state index contributed by atoms with van der Waals surface area (Å²) < 4.78 is 13.1. The maximum absolute atomic E-state index is 6.63. The first-order valence-electron chi connectivity index (χ1n) is 17.4. The number of benzene rings is 6. The van der Waals surface area contributed by atoms with Gasteiger partial charge in [0, 0.05) is 38.6 Å². The van der Waals surface area contributed by atoms with Gasteiger partial charge in [-0.3, -0.25) is 0 Å². The number of rotatable bonds is 5. The maximum Gasteiger partial charge on any atom is 0.164 e. The smallest absolute Gasteiger partial charge is 0.164 e. The van der Waals surface area contributed by atoms with Crippen molar-refractivity contribution in [3.63, 3.8) is 0 Å². The lowest BCUT2D eigenvalue weighted by molar-refractivity contribution is 0.436. The molecule has 0 unspecified atom stereocenters. The maximum atomic E-state index is 6.63. The van der Waals surface area contributed by atoms with E-state index >= 15 is 0 Å². The van der Waals surface area contributed by atoms with Crippen molar-refractivity contribution in [1.29, 1.82) is 0 Å². The molecule has 0 atom stereocenters. The highest BCUT2D eigenvalue weighted by atomic mass is 16.5. The van der Waals surface area contributed by atoms with E-state index < -0.39 is 5.41 Å². The zero-order valence-corrected chi connectivity index (χ0v) is 28.4. The number of para-hydroxylation sites is 3. The summed E-state index contributed by atoms with van der Waals surface area (Å²) in [5, 5.41) is 2.21. The highest BCUT2D eigenvalue weighted by molar-refractivity contribution is 6.15. The number of furan rings is 1. The Morgan fingerprint density at radius 3 is 2.08 bits per heavy atom. The Balaban J connectivity index is 1.31. The van der Waals surface area contributed by atoms with Crippen LogP contribution in [-0.4, -0.2) is 15.0 Å². The summed E-state index contributed by atoms with van der Waals surface area (Å²) in [5.74, 6) is 3.47. The van der Waals surface area contributed by atoms with E-state index in [1.807, 2.05) is 79.7 Å². The Kier molecular flexibility index (Phi) is 6.70. The number of aromatic nitrogens is 3. The van der Waals surface area contributed by atoms with Gasteiger partial charge in [0.25, 0.3) is 0 Å². The molecule has 0 N–H and O–H groups in total. The zero-order valence-electron chi connectivity index (χ0n) is 28.4. The molecular weight excluding hydrogens is 639 g/mol. The van der Waals surface area contributed by atoms with E-state index in [1.54, 1.807) is 6.08 Å². The summed E-state index contributed by atoms with van der Waals surface area (Å²) in [4.78, 5) is 15.2. The van der Waals surface area contributed by atoms with Crippen LogP contribution >= 0.6 is 0 Å². The topological polar surface area (TPSA) is 61.0 Å². The molecule has 1 aliphatic carbocycles. The van der Waals surface area contributed by atoms with Crippen LogP contribution in [0, 0.1) is 0 Å². The summed E-state index contributed by atoms with van der Waals surface area (Å²) in [7, 11) is 0. The van der Waals surface area contributed by atoms with E-state index in [1.165, 1.54) is 11.1 Å². The molecule has 1 spiro atoms. The molecule has 0 bridgehead atoms. The molecule has 52 heavy (non-hydrogen) atoms. The number of hydrogen-bond donors (Lipinski definition) is 0. The standard InChI is InChI=1S/C47H31N3O2/c1-3-5-15-29(4-2)44-48-45(30-16-7-6-8-17-30)50-46(49-44)31-24-25-32-37(28-31)47(34-19-10-13-22-39(34)52-40-23-14-11-20-35(40)47)36-26-27-41-43(42(32)36)33-18-9-12-21-38(33)51-41/h3-28H,1H2,2H3/b15-5-,29-4+. The molecule has 2 aromatic heterocycles. The summed E-state index contributed by atoms with van der Waals surface area (Å²) >= 11 is 0. The van der Waals surface area contributed by atoms with Gasteiger partial charge >= 0.3 is 0 Å². The monoisotopic (exact) mass is 669 g/mol. The van der Waals surface area contributed by atoms with Crippen LogP contribution in [-0.2, 0) is 5.41 Å². The number of fused-ring (bicyclic) bond motifs is 13. The molecule has 3 heterocycles. The average Bonchev–Trinajstić information content (AvgIpc) is 3.72. The first-order valence-corrected chi connectivity index (χ1v) is 17.4. The van der Waals surface area contributed by atoms with Crippen LogP contribution in [0.2, 0.25) is 0 Å². The minimum absolute atomic E-state index is 0.594. The van der Waals surface area contributed by atoms with Crippen LogP contribution in [0.4, 0.5) is 0 Å². The highest BCUT2D eigenvalue weighted by Crippen LogP contribution is 2.63. The second kappa shape index (κ2) is 11.6. The molecule has 8 aromatic rings. The summed E-state index contributed by atoms with van der Waals surface area (Å²) in [6.07, 6.45) is 7.65. The van der Waals surface area contributed by atoms with Gasteiger partial charge in [0.15, 0.2) is 17.5 Å². The van der Waals surface area contributed by atoms with Gasteiger partial charge in [-0.2, -0.15) is 0 Å². The first-order chi connectivity index (χ1) is 25.7. The third-order valence-electron chi connectivity index (χ3n) is 10.3. The lowest BCUT2D eigenvalue weighted by atomic mass is 9.66. The zero-order chi connectivity index (χ0) is 34.8. The van der Waals surface area contributed by atoms with Crippen LogP contribution in [0.15, 0.2) is 169 Å². The number of ether oxygens (including phenoxy) is 1. The fourth-order valence-electron chi connectivity index (χ4n) is 8.16. The van der Waals surface area contributed by atoms with E-state index in [2.05, 4.69) is 85.4 Å². The molecular formula is C47H31N3O2. The Bertz CT molecular complexity index is 2760. The van der Waals surface area contributed by atoms with Crippen molar-refractivity contribution in [1.82, 2.24) is 15.0 Å². The minimum atomic E-state index is -0.683. The normalized spacial score (nSPS) is 13.9. The van der Waals surface area contributed by atoms with E-state index in [0.717, 1.165) is 72.4 Å². The molecule has 10 rings (SSSR count). The van der Waals surface area contributed by atoms with Crippen molar-refractivity contribution < 1.29 is 9.15 Å². The lowest BCUT2D eigenvalue weighted by Crippen LogP contribution is -2.32. The molecule has 5 nitrogen and oxygen atoms in total. The molecule has 5 heteroatoms. The molecule has 2 aliphatic rings. The highest BCUT2D eigenvalue weighted by Gasteiger charge is 2.52. The van der Waals surface area contributed by atoms with Gasteiger partial charge in [0.05, 0.1) is 5.41 Å². The Morgan fingerprint density at radius 2 is 1.33 bits per heavy atom. The number of nitrogens with zero attached hydrogens (tertiary/aromatic N) is 3. The van der Waals surface area contributed by atoms with Crippen LogP contribution < -0.4 is 4.74 Å². The summed E-state index contributed by atoms with van der Waals surface area (Å²) in [6.45, 7) is 5.86. The predicted octanol–water partition coefficient (Wildman–Crippen LogP) is 11.7. The quantitative estimate of drug-likeness (QED) is 0.171. The van der Waals surface area contributed by atoms with Gasteiger partial charge in [-0.15, -0.1) is 0 Å². The number of allylic oxidation sites excluding steroid dienone is 5. The van der Waals surface area contributed by atoms with Gasteiger partial charge in [-0.25, -0.2) is 15.0 Å². The molecule has 0 amide bonds. The van der Waals surface area contributed by atoms with E-state index in [4.69, 9.17) is 24.1 Å². The van der Waals surface area contributed by atoms with E-state index in [-0.39, 0.29) is 0 Å². The van der Waals surface area contributed by atoms with Crippen LogP contribution in [0.3, 0.4) is 0 Å². The SMILES string of the molecule is C=C/C=C\C(=C/C)c1nc(-c2ccccc2)nc(-c2ccc3c(c2)C2(c4ccccc4Oc4ccccc42)c2ccc4oc5ccccc5c4c2-3)n1. The van der Waals surface area contributed by atoms with Gasteiger partial charge in [-0.1, -0.05) is 134 Å². The average molecular weight is 670 g/mol. The molecule has 246 valence electrons. The first kappa shape index (κ1) is 30.0. The molecule has 0 fully saturated rings. The van der Waals surface area contributed by atoms with Crippen molar-refractivity contribution in [3.8, 4) is 45.4 Å². The Labute approximate surface area is 300 Å².